The lowest BCUT2D eigenvalue weighted by Crippen LogP contribution is -2.47. The zero-order valence-electron chi connectivity index (χ0n) is 13.4. The van der Waals surface area contributed by atoms with Crippen molar-refractivity contribution in [3.05, 3.63) is 0 Å². The first-order chi connectivity index (χ1) is 10.0. The van der Waals surface area contributed by atoms with E-state index in [0.29, 0.717) is 38.6 Å². The number of likely N-dealkylation sites (tertiary alicyclic amines) is 1. The summed E-state index contributed by atoms with van der Waals surface area (Å²) in [6.45, 7) is 6.46. The molecular formula is C15H28N2O4. The Labute approximate surface area is 127 Å². The van der Waals surface area contributed by atoms with Gasteiger partial charge in [-0.2, -0.15) is 0 Å². The standard InChI is InChI=1S/C15H28N2O4/c1-12(2)10-14(18)16-13-4-6-17(7-5-13)15(19)11-21-9-8-20-3/h12-13H,4-11H2,1-3H3,(H,16,18). The molecule has 0 spiro atoms. The number of nitrogens with one attached hydrogen (secondary N) is 1. The average molecular weight is 300 g/mol. The molecule has 0 aliphatic carbocycles. The Kier molecular flexibility index (Phi) is 8.30. The van der Waals surface area contributed by atoms with Gasteiger partial charge in [-0.1, -0.05) is 13.8 Å². The lowest BCUT2D eigenvalue weighted by Gasteiger charge is -2.32. The van der Waals surface area contributed by atoms with Crippen LogP contribution in [0.5, 0.6) is 0 Å². The van der Waals surface area contributed by atoms with E-state index in [1.807, 2.05) is 13.8 Å². The number of hydrogen-bond acceptors (Lipinski definition) is 4. The summed E-state index contributed by atoms with van der Waals surface area (Å²) in [4.78, 5) is 25.4. The van der Waals surface area contributed by atoms with E-state index in [4.69, 9.17) is 9.47 Å². The molecule has 0 saturated carbocycles. The highest BCUT2D eigenvalue weighted by atomic mass is 16.5. The summed E-state index contributed by atoms with van der Waals surface area (Å²) in [6, 6.07) is 0.190. The smallest absolute Gasteiger partial charge is 0.248 e. The van der Waals surface area contributed by atoms with Crippen LogP contribution >= 0.6 is 0 Å². The Morgan fingerprint density at radius 2 is 1.90 bits per heavy atom. The molecule has 0 atom stereocenters. The van der Waals surface area contributed by atoms with Gasteiger partial charge >= 0.3 is 0 Å². The van der Waals surface area contributed by atoms with Gasteiger partial charge in [0, 0.05) is 32.7 Å². The Morgan fingerprint density at radius 1 is 1.24 bits per heavy atom. The van der Waals surface area contributed by atoms with Gasteiger partial charge in [0.2, 0.25) is 11.8 Å². The average Bonchev–Trinajstić information content (AvgIpc) is 2.43. The molecule has 0 aromatic carbocycles. The second kappa shape index (κ2) is 9.73. The third-order valence-corrected chi connectivity index (χ3v) is 3.46. The summed E-state index contributed by atoms with van der Waals surface area (Å²) in [6.07, 6.45) is 2.19. The number of piperidine rings is 1. The van der Waals surface area contributed by atoms with Gasteiger partial charge in [-0.05, 0) is 18.8 Å². The molecule has 1 heterocycles. The van der Waals surface area contributed by atoms with Crippen molar-refractivity contribution in [2.24, 2.45) is 5.92 Å². The molecular weight excluding hydrogens is 272 g/mol. The van der Waals surface area contributed by atoms with Gasteiger partial charge in [0.1, 0.15) is 6.61 Å². The SMILES string of the molecule is COCCOCC(=O)N1CCC(NC(=O)CC(C)C)CC1. The highest BCUT2D eigenvalue weighted by molar-refractivity contribution is 5.78. The molecule has 0 radical (unpaired) electrons. The number of ether oxygens (including phenoxy) is 2. The molecule has 1 fully saturated rings. The summed E-state index contributed by atoms with van der Waals surface area (Å²) in [5, 5.41) is 3.04. The Balaban J connectivity index is 2.19. The first-order valence-electron chi connectivity index (χ1n) is 7.66. The molecule has 0 aromatic heterocycles. The molecule has 2 amide bonds. The minimum atomic E-state index is 0.0121. The maximum atomic E-state index is 11.9. The van der Waals surface area contributed by atoms with E-state index in [9.17, 15) is 9.59 Å². The summed E-state index contributed by atoms with van der Waals surface area (Å²) >= 11 is 0. The van der Waals surface area contributed by atoms with E-state index < -0.39 is 0 Å². The van der Waals surface area contributed by atoms with Gasteiger partial charge in [0.15, 0.2) is 0 Å². The molecule has 0 unspecified atom stereocenters. The maximum Gasteiger partial charge on any atom is 0.248 e. The van der Waals surface area contributed by atoms with Crippen molar-refractivity contribution in [2.75, 3.05) is 40.0 Å². The molecule has 0 bridgehead atoms. The fraction of sp³-hybridized carbons (Fsp3) is 0.867. The van der Waals surface area contributed by atoms with Gasteiger partial charge in [0.25, 0.3) is 0 Å². The van der Waals surface area contributed by atoms with Crippen molar-refractivity contribution >= 4 is 11.8 Å². The quantitative estimate of drug-likeness (QED) is 0.673. The number of methoxy groups -OCH3 is 1. The number of amides is 2. The molecule has 1 N–H and O–H groups in total. The van der Waals surface area contributed by atoms with E-state index in [0.717, 1.165) is 12.8 Å². The Morgan fingerprint density at radius 3 is 2.48 bits per heavy atom. The molecule has 122 valence electrons. The number of nitrogens with zero attached hydrogens (tertiary/aromatic N) is 1. The van der Waals surface area contributed by atoms with Crippen molar-refractivity contribution in [3.8, 4) is 0 Å². The van der Waals surface area contributed by atoms with Crippen LogP contribution in [0.3, 0.4) is 0 Å². The number of carbonyl (C=O) groups excluding carboxylic acids is 2. The van der Waals surface area contributed by atoms with E-state index in [-0.39, 0.29) is 24.5 Å². The predicted molar refractivity (Wildman–Crippen MR) is 79.9 cm³/mol. The Hall–Kier alpha value is -1.14. The molecule has 21 heavy (non-hydrogen) atoms. The topological polar surface area (TPSA) is 67.9 Å². The van der Waals surface area contributed by atoms with Crippen LogP contribution in [0.2, 0.25) is 0 Å². The molecule has 0 aromatic rings. The first kappa shape index (κ1) is 17.9. The largest absolute Gasteiger partial charge is 0.382 e. The number of rotatable bonds is 8. The monoisotopic (exact) mass is 300 g/mol. The van der Waals surface area contributed by atoms with Crippen LogP contribution in [0.15, 0.2) is 0 Å². The molecule has 6 nitrogen and oxygen atoms in total. The minimum absolute atomic E-state index is 0.0121. The summed E-state index contributed by atoms with van der Waals surface area (Å²) < 4.78 is 10.1. The normalized spacial score (nSPS) is 16.3. The minimum Gasteiger partial charge on any atom is -0.382 e. The van der Waals surface area contributed by atoms with Crippen LogP contribution in [0.4, 0.5) is 0 Å². The second-order valence-electron chi connectivity index (χ2n) is 5.87. The highest BCUT2D eigenvalue weighted by Gasteiger charge is 2.23. The Bertz CT molecular complexity index is 326. The third kappa shape index (κ3) is 7.43. The maximum absolute atomic E-state index is 11.9. The number of hydrogen-bond donors (Lipinski definition) is 1. The second-order valence-corrected chi connectivity index (χ2v) is 5.87. The van der Waals surface area contributed by atoms with Crippen molar-refractivity contribution in [2.45, 2.75) is 39.2 Å². The first-order valence-corrected chi connectivity index (χ1v) is 7.66. The highest BCUT2D eigenvalue weighted by Crippen LogP contribution is 2.11. The molecule has 1 saturated heterocycles. The van der Waals surface area contributed by atoms with Crippen LogP contribution in [0.25, 0.3) is 0 Å². The van der Waals surface area contributed by atoms with Gasteiger partial charge in [-0.3, -0.25) is 9.59 Å². The van der Waals surface area contributed by atoms with E-state index >= 15 is 0 Å². The van der Waals surface area contributed by atoms with Crippen LogP contribution < -0.4 is 5.32 Å². The van der Waals surface area contributed by atoms with Crippen molar-refractivity contribution in [1.29, 1.82) is 0 Å². The summed E-state index contributed by atoms with van der Waals surface area (Å²) in [5.41, 5.74) is 0. The van der Waals surface area contributed by atoms with Gasteiger partial charge in [-0.25, -0.2) is 0 Å². The molecule has 6 heteroatoms. The van der Waals surface area contributed by atoms with Crippen molar-refractivity contribution in [3.63, 3.8) is 0 Å². The number of carbonyl (C=O) groups is 2. The summed E-state index contributed by atoms with van der Waals surface area (Å²) in [5.74, 6) is 0.492. The zero-order valence-corrected chi connectivity index (χ0v) is 13.4. The van der Waals surface area contributed by atoms with Gasteiger partial charge in [-0.15, -0.1) is 0 Å². The third-order valence-electron chi connectivity index (χ3n) is 3.46. The fourth-order valence-corrected chi connectivity index (χ4v) is 2.32. The van der Waals surface area contributed by atoms with Gasteiger partial charge < -0.3 is 19.7 Å². The van der Waals surface area contributed by atoms with E-state index in [2.05, 4.69) is 5.32 Å². The van der Waals surface area contributed by atoms with Gasteiger partial charge in [0.05, 0.1) is 13.2 Å². The van der Waals surface area contributed by atoms with Crippen molar-refractivity contribution in [1.82, 2.24) is 10.2 Å². The van der Waals surface area contributed by atoms with Crippen LogP contribution in [0.1, 0.15) is 33.1 Å². The van der Waals surface area contributed by atoms with E-state index in [1.165, 1.54) is 0 Å². The predicted octanol–water partition coefficient (Wildman–Crippen LogP) is 0.803. The molecule has 1 aliphatic heterocycles. The van der Waals surface area contributed by atoms with Crippen LogP contribution in [-0.2, 0) is 19.1 Å². The molecule has 1 aliphatic rings. The van der Waals surface area contributed by atoms with Crippen LogP contribution in [-0.4, -0.2) is 62.8 Å². The zero-order chi connectivity index (χ0) is 15.7. The van der Waals surface area contributed by atoms with Crippen molar-refractivity contribution < 1.29 is 19.1 Å². The summed E-state index contributed by atoms with van der Waals surface area (Å²) in [7, 11) is 1.60. The molecule has 1 rings (SSSR count). The van der Waals surface area contributed by atoms with E-state index in [1.54, 1.807) is 12.0 Å². The fourth-order valence-electron chi connectivity index (χ4n) is 2.32. The lowest BCUT2D eigenvalue weighted by molar-refractivity contribution is -0.137. The van der Waals surface area contributed by atoms with Crippen LogP contribution in [0, 0.1) is 5.92 Å². The lowest BCUT2D eigenvalue weighted by atomic mass is 10.0.